The standard InChI is InChI=1S/C21H26ClNO3/c1-21(26-18-9-7-17(22)8-10-18)11-13-23(14-12-21)15-16-25-20-6-4-3-5-19(20)24-2/h3-10H,11-16H2,1-2H3. The second-order valence-electron chi connectivity index (χ2n) is 6.85. The van der Waals surface area contributed by atoms with Crippen molar-refractivity contribution in [3.8, 4) is 17.2 Å². The van der Waals surface area contributed by atoms with Gasteiger partial charge in [0.15, 0.2) is 11.5 Å². The van der Waals surface area contributed by atoms with Gasteiger partial charge in [-0.1, -0.05) is 23.7 Å². The first-order chi connectivity index (χ1) is 12.6. The van der Waals surface area contributed by atoms with Crippen LogP contribution in [-0.4, -0.2) is 43.9 Å². The Hall–Kier alpha value is -1.91. The number of rotatable bonds is 7. The van der Waals surface area contributed by atoms with Gasteiger partial charge < -0.3 is 14.2 Å². The maximum atomic E-state index is 6.22. The van der Waals surface area contributed by atoms with Crippen molar-refractivity contribution in [1.29, 1.82) is 0 Å². The summed E-state index contributed by atoms with van der Waals surface area (Å²) in [5, 5.41) is 0.729. The molecule has 0 saturated carbocycles. The average Bonchev–Trinajstić information content (AvgIpc) is 2.66. The Morgan fingerprint density at radius 1 is 1.00 bits per heavy atom. The Kier molecular flexibility index (Phi) is 6.28. The molecule has 0 aliphatic carbocycles. The van der Waals surface area contributed by atoms with Crippen LogP contribution in [0.5, 0.6) is 17.2 Å². The summed E-state index contributed by atoms with van der Waals surface area (Å²) in [4.78, 5) is 2.42. The van der Waals surface area contributed by atoms with Gasteiger partial charge in [0.1, 0.15) is 18.0 Å². The second-order valence-corrected chi connectivity index (χ2v) is 7.28. The van der Waals surface area contributed by atoms with Crippen LogP contribution in [0.2, 0.25) is 5.02 Å². The number of hydrogen-bond donors (Lipinski definition) is 0. The van der Waals surface area contributed by atoms with Gasteiger partial charge in [-0.3, -0.25) is 4.90 Å². The number of halogens is 1. The Morgan fingerprint density at radius 3 is 2.31 bits per heavy atom. The van der Waals surface area contributed by atoms with E-state index in [9.17, 15) is 0 Å². The number of hydrogen-bond acceptors (Lipinski definition) is 4. The lowest BCUT2D eigenvalue weighted by Crippen LogP contribution is -2.47. The van der Waals surface area contributed by atoms with Gasteiger partial charge in [0.2, 0.25) is 0 Å². The zero-order chi connectivity index (χ0) is 18.4. The molecule has 0 bridgehead atoms. The largest absolute Gasteiger partial charge is 0.493 e. The summed E-state index contributed by atoms with van der Waals surface area (Å²) in [6.07, 6.45) is 1.98. The van der Waals surface area contributed by atoms with Gasteiger partial charge >= 0.3 is 0 Å². The molecule has 2 aromatic rings. The predicted octanol–water partition coefficient (Wildman–Crippen LogP) is 4.66. The molecular weight excluding hydrogens is 350 g/mol. The third kappa shape index (κ3) is 5.05. The lowest BCUT2D eigenvalue weighted by Gasteiger charge is -2.39. The maximum Gasteiger partial charge on any atom is 0.161 e. The first-order valence-corrected chi connectivity index (χ1v) is 9.38. The van der Waals surface area contributed by atoms with E-state index in [0.717, 1.165) is 54.7 Å². The summed E-state index contributed by atoms with van der Waals surface area (Å²) >= 11 is 5.94. The Balaban J connectivity index is 1.44. The molecule has 5 heteroatoms. The molecule has 0 N–H and O–H groups in total. The van der Waals surface area contributed by atoms with E-state index in [-0.39, 0.29) is 5.60 Å². The van der Waals surface area contributed by atoms with Crippen molar-refractivity contribution in [1.82, 2.24) is 4.90 Å². The highest BCUT2D eigenvalue weighted by molar-refractivity contribution is 6.30. The van der Waals surface area contributed by atoms with E-state index in [1.165, 1.54) is 0 Å². The molecule has 1 aliphatic heterocycles. The van der Waals surface area contributed by atoms with E-state index < -0.39 is 0 Å². The summed E-state index contributed by atoms with van der Waals surface area (Å²) in [5.41, 5.74) is -0.131. The van der Waals surface area contributed by atoms with Gasteiger partial charge in [-0.05, 0) is 56.2 Å². The molecule has 0 amide bonds. The number of ether oxygens (including phenoxy) is 3. The molecule has 0 spiro atoms. The minimum absolute atomic E-state index is 0.131. The van der Waals surface area contributed by atoms with Crippen LogP contribution in [0, 0.1) is 0 Å². The molecule has 1 saturated heterocycles. The topological polar surface area (TPSA) is 30.9 Å². The van der Waals surface area contributed by atoms with Crippen LogP contribution in [0.15, 0.2) is 48.5 Å². The van der Waals surface area contributed by atoms with Crippen LogP contribution in [0.3, 0.4) is 0 Å². The number of methoxy groups -OCH3 is 1. The molecular formula is C21H26ClNO3. The molecule has 2 aromatic carbocycles. The number of nitrogens with zero attached hydrogens (tertiary/aromatic N) is 1. The second kappa shape index (κ2) is 8.65. The number of piperidine rings is 1. The number of likely N-dealkylation sites (tertiary alicyclic amines) is 1. The van der Waals surface area contributed by atoms with Gasteiger partial charge in [0, 0.05) is 24.7 Å². The lowest BCUT2D eigenvalue weighted by atomic mass is 9.93. The molecule has 0 atom stereocenters. The summed E-state index contributed by atoms with van der Waals surface area (Å²) in [5.74, 6) is 2.45. The summed E-state index contributed by atoms with van der Waals surface area (Å²) in [7, 11) is 1.66. The van der Waals surface area contributed by atoms with Gasteiger partial charge in [-0.2, -0.15) is 0 Å². The van der Waals surface area contributed by atoms with Crippen molar-refractivity contribution in [2.75, 3.05) is 33.4 Å². The smallest absolute Gasteiger partial charge is 0.161 e. The Bertz CT molecular complexity index is 697. The highest BCUT2D eigenvalue weighted by Crippen LogP contribution is 2.29. The molecule has 140 valence electrons. The minimum atomic E-state index is -0.131. The van der Waals surface area contributed by atoms with Crippen molar-refractivity contribution in [3.05, 3.63) is 53.6 Å². The maximum absolute atomic E-state index is 6.22. The average molecular weight is 376 g/mol. The monoisotopic (exact) mass is 375 g/mol. The first-order valence-electron chi connectivity index (χ1n) is 9.01. The fourth-order valence-electron chi connectivity index (χ4n) is 3.16. The zero-order valence-corrected chi connectivity index (χ0v) is 16.2. The van der Waals surface area contributed by atoms with Crippen molar-refractivity contribution >= 4 is 11.6 Å². The number of para-hydroxylation sites is 2. The van der Waals surface area contributed by atoms with E-state index in [1.54, 1.807) is 7.11 Å². The minimum Gasteiger partial charge on any atom is -0.493 e. The molecule has 26 heavy (non-hydrogen) atoms. The van der Waals surface area contributed by atoms with Gasteiger partial charge in [-0.15, -0.1) is 0 Å². The molecule has 1 aliphatic rings. The van der Waals surface area contributed by atoms with E-state index in [0.29, 0.717) is 6.61 Å². The molecule has 3 rings (SSSR count). The van der Waals surface area contributed by atoms with Crippen LogP contribution in [0.25, 0.3) is 0 Å². The normalized spacial score (nSPS) is 16.9. The van der Waals surface area contributed by atoms with Crippen LogP contribution in [0.1, 0.15) is 19.8 Å². The quantitative estimate of drug-likeness (QED) is 0.704. The van der Waals surface area contributed by atoms with Gasteiger partial charge in [0.25, 0.3) is 0 Å². The van der Waals surface area contributed by atoms with E-state index in [4.69, 9.17) is 25.8 Å². The third-order valence-corrected chi connectivity index (χ3v) is 5.08. The SMILES string of the molecule is COc1ccccc1OCCN1CCC(C)(Oc2ccc(Cl)cc2)CC1. The van der Waals surface area contributed by atoms with Crippen LogP contribution in [-0.2, 0) is 0 Å². The van der Waals surface area contributed by atoms with Gasteiger partial charge in [0.05, 0.1) is 7.11 Å². The van der Waals surface area contributed by atoms with Crippen molar-refractivity contribution < 1.29 is 14.2 Å². The Labute approximate surface area is 160 Å². The van der Waals surface area contributed by atoms with E-state index in [2.05, 4.69) is 11.8 Å². The van der Waals surface area contributed by atoms with Gasteiger partial charge in [-0.25, -0.2) is 0 Å². The molecule has 1 heterocycles. The van der Waals surface area contributed by atoms with E-state index >= 15 is 0 Å². The lowest BCUT2D eigenvalue weighted by molar-refractivity contribution is 0.0135. The molecule has 0 aromatic heterocycles. The fraction of sp³-hybridized carbons (Fsp3) is 0.429. The molecule has 0 unspecified atom stereocenters. The van der Waals surface area contributed by atoms with Crippen LogP contribution in [0.4, 0.5) is 0 Å². The van der Waals surface area contributed by atoms with E-state index in [1.807, 2.05) is 48.5 Å². The summed E-state index contributed by atoms with van der Waals surface area (Å²) in [6, 6.07) is 15.3. The Morgan fingerprint density at radius 2 is 1.65 bits per heavy atom. The van der Waals surface area contributed by atoms with Crippen molar-refractivity contribution in [2.45, 2.75) is 25.4 Å². The molecule has 4 nitrogen and oxygen atoms in total. The number of benzene rings is 2. The zero-order valence-electron chi connectivity index (χ0n) is 15.4. The third-order valence-electron chi connectivity index (χ3n) is 4.83. The summed E-state index contributed by atoms with van der Waals surface area (Å²) in [6.45, 7) is 5.73. The van der Waals surface area contributed by atoms with Crippen molar-refractivity contribution in [2.24, 2.45) is 0 Å². The molecule has 1 fully saturated rings. The van der Waals surface area contributed by atoms with Crippen LogP contribution < -0.4 is 14.2 Å². The van der Waals surface area contributed by atoms with Crippen LogP contribution >= 0.6 is 11.6 Å². The van der Waals surface area contributed by atoms with Crippen molar-refractivity contribution in [3.63, 3.8) is 0 Å². The highest BCUT2D eigenvalue weighted by Gasteiger charge is 2.31. The highest BCUT2D eigenvalue weighted by atomic mass is 35.5. The first kappa shape index (κ1) is 18.9. The predicted molar refractivity (Wildman–Crippen MR) is 105 cm³/mol. The summed E-state index contributed by atoms with van der Waals surface area (Å²) < 4.78 is 17.4. The fourth-order valence-corrected chi connectivity index (χ4v) is 3.29. The molecule has 0 radical (unpaired) electrons.